The number of anilines is 1. The first-order valence-corrected chi connectivity index (χ1v) is 6.33. The lowest BCUT2D eigenvalue weighted by Crippen LogP contribution is -2.01. The summed E-state index contributed by atoms with van der Waals surface area (Å²) in [5.74, 6) is 0.735. The second-order valence-electron chi connectivity index (χ2n) is 4.57. The Bertz CT molecular complexity index is 813. The number of nitrogens with one attached hydrogen (secondary N) is 1. The lowest BCUT2D eigenvalue weighted by molar-refractivity contribution is -0.383. The van der Waals surface area contributed by atoms with E-state index in [9.17, 15) is 10.1 Å². The summed E-state index contributed by atoms with van der Waals surface area (Å²) in [6.07, 6.45) is 1.61. The molecular formula is C14H12N4O3. The first-order chi connectivity index (χ1) is 10.1. The van der Waals surface area contributed by atoms with Crippen molar-refractivity contribution in [2.75, 3.05) is 5.32 Å². The summed E-state index contributed by atoms with van der Waals surface area (Å²) in [5.41, 5.74) is 2.08. The Hall–Kier alpha value is -2.96. The van der Waals surface area contributed by atoms with Crippen molar-refractivity contribution in [1.82, 2.24) is 10.1 Å². The normalized spacial score (nSPS) is 10.7. The Balaban J connectivity index is 1.96. The highest BCUT2D eigenvalue weighted by molar-refractivity contribution is 5.96. The van der Waals surface area contributed by atoms with E-state index in [1.54, 1.807) is 24.4 Å². The molecule has 0 aliphatic heterocycles. The highest BCUT2D eigenvalue weighted by Crippen LogP contribution is 2.29. The summed E-state index contributed by atoms with van der Waals surface area (Å²) < 4.78 is 5.00. The first kappa shape index (κ1) is 13.0. The highest BCUT2D eigenvalue weighted by atomic mass is 16.6. The minimum absolute atomic E-state index is 0.0425. The third kappa shape index (κ3) is 2.53. The molecule has 0 bridgehead atoms. The van der Waals surface area contributed by atoms with E-state index in [0.29, 0.717) is 17.4 Å². The molecule has 0 saturated heterocycles. The molecule has 2 heterocycles. The predicted octanol–water partition coefficient (Wildman–Crippen LogP) is 3.05. The average Bonchev–Trinajstić information content (AvgIpc) is 2.90. The molecule has 106 valence electrons. The summed E-state index contributed by atoms with van der Waals surface area (Å²) in [5, 5.41) is 18.6. The van der Waals surface area contributed by atoms with E-state index in [2.05, 4.69) is 15.5 Å². The van der Waals surface area contributed by atoms with Gasteiger partial charge < -0.3 is 9.84 Å². The molecule has 0 atom stereocenters. The van der Waals surface area contributed by atoms with E-state index in [0.717, 1.165) is 17.1 Å². The molecule has 0 radical (unpaired) electrons. The largest absolute Gasteiger partial charge is 0.377 e. The zero-order chi connectivity index (χ0) is 14.8. The van der Waals surface area contributed by atoms with Crippen molar-refractivity contribution in [2.24, 2.45) is 0 Å². The predicted molar refractivity (Wildman–Crippen MR) is 77.0 cm³/mol. The second-order valence-corrected chi connectivity index (χ2v) is 4.57. The molecule has 0 aliphatic carbocycles. The molecule has 21 heavy (non-hydrogen) atoms. The van der Waals surface area contributed by atoms with Gasteiger partial charge in [-0.1, -0.05) is 5.16 Å². The first-order valence-electron chi connectivity index (χ1n) is 6.33. The van der Waals surface area contributed by atoms with E-state index < -0.39 is 4.92 Å². The molecule has 0 saturated carbocycles. The number of hydrogen-bond donors (Lipinski definition) is 1. The fraction of sp³-hybridized carbons (Fsp3) is 0.143. The quantitative estimate of drug-likeness (QED) is 0.584. The van der Waals surface area contributed by atoms with Crippen molar-refractivity contribution >= 4 is 22.3 Å². The van der Waals surface area contributed by atoms with E-state index in [1.807, 2.05) is 13.0 Å². The standard InChI is InChI=1S/C14H12N4O3/c1-9-7-10(17-21-9)8-16-12-4-5-13(18(19)20)11-3-2-6-15-14(11)12/h2-7,16H,8H2,1H3. The minimum Gasteiger partial charge on any atom is -0.377 e. The minimum atomic E-state index is -0.408. The second kappa shape index (κ2) is 5.20. The fourth-order valence-corrected chi connectivity index (χ4v) is 2.15. The van der Waals surface area contributed by atoms with Gasteiger partial charge in [-0.3, -0.25) is 15.1 Å². The molecule has 0 spiro atoms. The molecule has 7 nitrogen and oxygen atoms in total. The van der Waals surface area contributed by atoms with Crippen molar-refractivity contribution in [3.8, 4) is 0 Å². The van der Waals surface area contributed by atoms with Gasteiger partial charge in [-0.2, -0.15) is 0 Å². The number of nitro groups is 1. The van der Waals surface area contributed by atoms with Crippen LogP contribution in [0.1, 0.15) is 11.5 Å². The lowest BCUT2D eigenvalue weighted by atomic mass is 10.1. The molecule has 3 rings (SSSR count). The molecular weight excluding hydrogens is 272 g/mol. The fourth-order valence-electron chi connectivity index (χ4n) is 2.15. The molecule has 0 unspecified atom stereocenters. The van der Waals surface area contributed by atoms with Crippen LogP contribution in [0.4, 0.5) is 11.4 Å². The van der Waals surface area contributed by atoms with Crippen molar-refractivity contribution < 1.29 is 9.45 Å². The van der Waals surface area contributed by atoms with Crippen LogP contribution in [0.25, 0.3) is 10.9 Å². The number of non-ortho nitro benzene ring substituents is 1. The van der Waals surface area contributed by atoms with Gasteiger partial charge in [-0.05, 0) is 25.1 Å². The van der Waals surface area contributed by atoms with Crippen molar-refractivity contribution in [3.05, 3.63) is 58.1 Å². The third-order valence-electron chi connectivity index (χ3n) is 3.08. The summed E-state index contributed by atoms with van der Waals surface area (Å²) in [4.78, 5) is 14.9. The lowest BCUT2D eigenvalue weighted by Gasteiger charge is -2.07. The Morgan fingerprint density at radius 2 is 2.24 bits per heavy atom. The van der Waals surface area contributed by atoms with E-state index >= 15 is 0 Å². The summed E-state index contributed by atoms with van der Waals surface area (Å²) in [6.45, 7) is 2.28. The maximum Gasteiger partial charge on any atom is 0.278 e. The van der Waals surface area contributed by atoms with Gasteiger partial charge in [-0.25, -0.2) is 0 Å². The molecule has 0 amide bonds. The van der Waals surface area contributed by atoms with Gasteiger partial charge >= 0.3 is 0 Å². The van der Waals surface area contributed by atoms with Gasteiger partial charge in [0.2, 0.25) is 0 Å². The topological polar surface area (TPSA) is 94.1 Å². The van der Waals surface area contributed by atoms with Crippen molar-refractivity contribution in [2.45, 2.75) is 13.5 Å². The number of fused-ring (bicyclic) bond motifs is 1. The van der Waals surface area contributed by atoms with Crippen LogP contribution in [0.3, 0.4) is 0 Å². The van der Waals surface area contributed by atoms with Gasteiger partial charge in [0.15, 0.2) is 0 Å². The number of nitrogens with zero attached hydrogens (tertiary/aromatic N) is 3. The van der Waals surface area contributed by atoms with Crippen LogP contribution in [0.2, 0.25) is 0 Å². The Morgan fingerprint density at radius 1 is 1.38 bits per heavy atom. The number of rotatable bonds is 4. The maximum atomic E-state index is 11.0. The molecule has 0 fully saturated rings. The van der Waals surface area contributed by atoms with Crippen LogP contribution < -0.4 is 5.32 Å². The summed E-state index contributed by atoms with van der Waals surface area (Å²) in [7, 11) is 0. The van der Waals surface area contributed by atoms with Crippen molar-refractivity contribution in [3.63, 3.8) is 0 Å². The van der Waals surface area contributed by atoms with Crippen molar-refractivity contribution in [1.29, 1.82) is 0 Å². The Labute approximate surface area is 119 Å². The van der Waals surface area contributed by atoms with Crippen LogP contribution in [0.15, 0.2) is 41.1 Å². The van der Waals surface area contributed by atoms with Gasteiger partial charge in [0.25, 0.3) is 5.69 Å². The van der Waals surface area contributed by atoms with Crippen LogP contribution in [0, 0.1) is 17.0 Å². The monoisotopic (exact) mass is 284 g/mol. The Kier molecular flexibility index (Phi) is 3.23. The number of aryl methyl sites for hydroxylation is 1. The summed E-state index contributed by atoms with van der Waals surface area (Å²) in [6, 6.07) is 8.32. The zero-order valence-electron chi connectivity index (χ0n) is 11.2. The molecule has 2 aromatic heterocycles. The van der Waals surface area contributed by atoms with Crippen LogP contribution in [0.5, 0.6) is 0 Å². The van der Waals surface area contributed by atoms with E-state index in [4.69, 9.17) is 4.52 Å². The number of hydrogen-bond acceptors (Lipinski definition) is 6. The highest BCUT2D eigenvalue weighted by Gasteiger charge is 2.14. The number of nitro benzene ring substituents is 1. The molecule has 1 aromatic carbocycles. The molecule has 3 aromatic rings. The SMILES string of the molecule is Cc1cc(CNc2ccc([N+](=O)[O-])c3cccnc23)no1. The molecule has 1 N–H and O–H groups in total. The molecule has 0 aliphatic rings. The van der Waals surface area contributed by atoms with Gasteiger partial charge in [0, 0.05) is 18.3 Å². The Morgan fingerprint density at radius 3 is 2.95 bits per heavy atom. The average molecular weight is 284 g/mol. The maximum absolute atomic E-state index is 11.0. The van der Waals surface area contributed by atoms with E-state index in [1.165, 1.54) is 6.07 Å². The molecule has 7 heteroatoms. The van der Waals surface area contributed by atoms with Gasteiger partial charge in [0.1, 0.15) is 17.0 Å². The van der Waals surface area contributed by atoms with Crippen LogP contribution in [-0.2, 0) is 6.54 Å². The number of aromatic nitrogens is 2. The zero-order valence-corrected chi connectivity index (χ0v) is 11.2. The summed E-state index contributed by atoms with van der Waals surface area (Å²) >= 11 is 0. The third-order valence-corrected chi connectivity index (χ3v) is 3.08. The number of pyridine rings is 1. The number of benzene rings is 1. The van der Waals surface area contributed by atoms with E-state index in [-0.39, 0.29) is 5.69 Å². The van der Waals surface area contributed by atoms with Gasteiger partial charge in [0.05, 0.1) is 22.5 Å². The van der Waals surface area contributed by atoms with Crippen LogP contribution in [-0.4, -0.2) is 15.1 Å². The van der Waals surface area contributed by atoms with Crippen LogP contribution >= 0.6 is 0 Å². The van der Waals surface area contributed by atoms with Gasteiger partial charge in [-0.15, -0.1) is 0 Å². The smallest absolute Gasteiger partial charge is 0.278 e.